The van der Waals surface area contributed by atoms with Gasteiger partial charge in [-0.05, 0) is 31.9 Å². The van der Waals surface area contributed by atoms with E-state index in [0.717, 1.165) is 12.0 Å². The zero-order chi connectivity index (χ0) is 13.9. The van der Waals surface area contributed by atoms with Crippen LogP contribution in [-0.2, 0) is 21.7 Å². The lowest BCUT2D eigenvalue weighted by molar-refractivity contribution is -0.272. The molecule has 0 bridgehead atoms. The molecule has 0 aromatic heterocycles. The summed E-state index contributed by atoms with van der Waals surface area (Å²) in [6.45, 7) is 7.83. The first-order chi connectivity index (χ1) is 9.03. The van der Waals surface area contributed by atoms with Crippen LogP contribution in [0.5, 0.6) is 0 Å². The van der Waals surface area contributed by atoms with Crippen molar-refractivity contribution in [2.75, 3.05) is 20.3 Å². The molecule has 1 heterocycles. The van der Waals surface area contributed by atoms with E-state index in [0.29, 0.717) is 19.1 Å². The van der Waals surface area contributed by atoms with E-state index in [1.165, 1.54) is 5.56 Å². The van der Waals surface area contributed by atoms with E-state index in [4.69, 9.17) is 9.47 Å². The molecule has 0 atom stereocenters. The first-order valence-electron chi connectivity index (χ1n) is 7.08. The van der Waals surface area contributed by atoms with Crippen molar-refractivity contribution in [3.05, 3.63) is 35.4 Å². The van der Waals surface area contributed by atoms with Gasteiger partial charge < -0.3 is 14.8 Å². The Morgan fingerprint density at radius 3 is 2.26 bits per heavy atom. The lowest BCUT2D eigenvalue weighted by Crippen LogP contribution is -2.47. The molecule has 1 aliphatic heterocycles. The van der Waals surface area contributed by atoms with E-state index >= 15 is 0 Å². The van der Waals surface area contributed by atoms with Crippen molar-refractivity contribution in [2.24, 2.45) is 5.92 Å². The average Bonchev–Trinajstić information content (AvgIpc) is 2.40. The lowest BCUT2D eigenvalue weighted by atomic mass is 9.99. The largest absolute Gasteiger partial charge is 0.344 e. The molecule has 2 rings (SSSR count). The predicted octanol–water partition coefficient (Wildman–Crippen LogP) is 2.69. The topological polar surface area (TPSA) is 30.5 Å². The summed E-state index contributed by atoms with van der Waals surface area (Å²) >= 11 is 0. The fourth-order valence-corrected chi connectivity index (χ4v) is 2.36. The molecule has 1 aromatic rings. The highest BCUT2D eigenvalue weighted by atomic mass is 16.7. The molecule has 1 aromatic carbocycles. The Morgan fingerprint density at radius 1 is 1.21 bits per heavy atom. The van der Waals surface area contributed by atoms with Gasteiger partial charge in [-0.15, -0.1) is 0 Å². The summed E-state index contributed by atoms with van der Waals surface area (Å²) in [5.41, 5.74) is 2.46. The Balaban J connectivity index is 2.05. The van der Waals surface area contributed by atoms with Gasteiger partial charge in [-0.3, -0.25) is 0 Å². The second kappa shape index (κ2) is 6.04. The predicted molar refractivity (Wildman–Crippen MR) is 77.1 cm³/mol. The van der Waals surface area contributed by atoms with Crippen molar-refractivity contribution in [3.63, 3.8) is 0 Å². The zero-order valence-electron chi connectivity index (χ0n) is 12.4. The minimum atomic E-state index is -0.607. The standard InChI is InChI=1S/C16H25NO2/c1-12(2)9-13-5-7-14(8-6-13)16(3)18-10-15(17-4)11-19-16/h5-8,12,15,17H,9-11H2,1-4H3. The fraction of sp³-hybridized carbons (Fsp3) is 0.625. The molecule has 1 fully saturated rings. The smallest absolute Gasteiger partial charge is 0.192 e. The highest BCUT2D eigenvalue weighted by molar-refractivity contribution is 5.26. The molecule has 0 unspecified atom stereocenters. The minimum absolute atomic E-state index is 0.285. The molecule has 3 nitrogen and oxygen atoms in total. The van der Waals surface area contributed by atoms with Crippen molar-refractivity contribution in [2.45, 2.75) is 39.0 Å². The van der Waals surface area contributed by atoms with E-state index in [9.17, 15) is 0 Å². The van der Waals surface area contributed by atoms with Gasteiger partial charge in [0.1, 0.15) is 0 Å². The number of hydrogen-bond donors (Lipinski definition) is 1. The number of nitrogens with one attached hydrogen (secondary N) is 1. The first-order valence-corrected chi connectivity index (χ1v) is 7.08. The van der Waals surface area contributed by atoms with Gasteiger partial charge in [0.25, 0.3) is 0 Å². The summed E-state index contributed by atoms with van der Waals surface area (Å²) in [6, 6.07) is 8.89. The summed E-state index contributed by atoms with van der Waals surface area (Å²) in [7, 11) is 1.93. The number of hydrogen-bond acceptors (Lipinski definition) is 3. The van der Waals surface area contributed by atoms with Gasteiger partial charge >= 0.3 is 0 Å². The van der Waals surface area contributed by atoms with Crippen LogP contribution in [0.1, 0.15) is 31.9 Å². The second-order valence-electron chi connectivity index (χ2n) is 5.85. The maximum atomic E-state index is 5.89. The molecule has 0 aliphatic carbocycles. The maximum absolute atomic E-state index is 5.89. The second-order valence-corrected chi connectivity index (χ2v) is 5.85. The molecule has 0 saturated carbocycles. The van der Waals surface area contributed by atoms with E-state index in [2.05, 4.69) is 43.4 Å². The summed E-state index contributed by atoms with van der Waals surface area (Å²) in [6.07, 6.45) is 1.11. The third kappa shape index (κ3) is 3.56. The Kier molecular flexibility index (Phi) is 4.61. The van der Waals surface area contributed by atoms with Crippen molar-refractivity contribution in [1.29, 1.82) is 0 Å². The van der Waals surface area contributed by atoms with E-state index < -0.39 is 5.79 Å². The molecule has 0 radical (unpaired) electrons. The molecular weight excluding hydrogens is 238 g/mol. The van der Waals surface area contributed by atoms with Gasteiger partial charge in [0.15, 0.2) is 5.79 Å². The summed E-state index contributed by atoms with van der Waals surface area (Å²) in [4.78, 5) is 0. The van der Waals surface area contributed by atoms with Crippen LogP contribution in [0.15, 0.2) is 24.3 Å². The van der Waals surface area contributed by atoms with Gasteiger partial charge in [-0.2, -0.15) is 0 Å². The Hall–Kier alpha value is -0.900. The van der Waals surface area contributed by atoms with Crippen LogP contribution >= 0.6 is 0 Å². The Labute approximate surface area is 116 Å². The number of rotatable bonds is 4. The summed E-state index contributed by atoms with van der Waals surface area (Å²) in [5.74, 6) is 0.0731. The van der Waals surface area contributed by atoms with E-state index in [1.807, 2.05) is 14.0 Å². The van der Waals surface area contributed by atoms with Crippen LogP contribution < -0.4 is 5.32 Å². The zero-order valence-corrected chi connectivity index (χ0v) is 12.4. The molecule has 0 amide bonds. The van der Waals surface area contributed by atoms with E-state index in [-0.39, 0.29) is 6.04 Å². The van der Waals surface area contributed by atoms with Gasteiger partial charge in [0.05, 0.1) is 19.3 Å². The number of likely N-dealkylation sites (N-methyl/N-ethyl adjacent to an activating group) is 1. The van der Waals surface area contributed by atoms with Crippen LogP contribution in [0, 0.1) is 5.92 Å². The normalized spacial score (nSPS) is 27.7. The number of ether oxygens (including phenoxy) is 2. The van der Waals surface area contributed by atoms with Crippen LogP contribution in [0.25, 0.3) is 0 Å². The van der Waals surface area contributed by atoms with Crippen molar-refractivity contribution < 1.29 is 9.47 Å². The Morgan fingerprint density at radius 2 is 1.79 bits per heavy atom. The van der Waals surface area contributed by atoms with Crippen LogP contribution in [0.4, 0.5) is 0 Å². The molecule has 19 heavy (non-hydrogen) atoms. The lowest BCUT2D eigenvalue weighted by Gasteiger charge is -2.37. The third-order valence-electron chi connectivity index (χ3n) is 3.65. The van der Waals surface area contributed by atoms with Crippen LogP contribution in [0.3, 0.4) is 0 Å². The Bertz CT molecular complexity index is 392. The van der Waals surface area contributed by atoms with Crippen LogP contribution in [-0.4, -0.2) is 26.3 Å². The molecule has 106 valence electrons. The molecule has 1 saturated heterocycles. The SMILES string of the molecule is CNC1COC(C)(c2ccc(CC(C)C)cc2)OC1. The van der Waals surface area contributed by atoms with Gasteiger partial charge in [0, 0.05) is 5.56 Å². The maximum Gasteiger partial charge on any atom is 0.192 e. The van der Waals surface area contributed by atoms with Crippen molar-refractivity contribution in [3.8, 4) is 0 Å². The minimum Gasteiger partial charge on any atom is -0.344 e. The van der Waals surface area contributed by atoms with Gasteiger partial charge in [-0.1, -0.05) is 38.1 Å². The van der Waals surface area contributed by atoms with Gasteiger partial charge in [-0.25, -0.2) is 0 Å². The summed E-state index contributed by atoms with van der Waals surface area (Å²) < 4.78 is 11.8. The molecular formula is C16H25NO2. The molecule has 1 N–H and O–H groups in total. The molecule has 0 spiro atoms. The van der Waals surface area contributed by atoms with Crippen LogP contribution in [0.2, 0.25) is 0 Å². The van der Waals surface area contributed by atoms with Crippen molar-refractivity contribution >= 4 is 0 Å². The third-order valence-corrected chi connectivity index (χ3v) is 3.65. The highest BCUT2D eigenvalue weighted by Crippen LogP contribution is 2.30. The average molecular weight is 263 g/mol. The van der Waals surface area contributed by atoms with E-state index in [1.54, 1.807) is 0 Å². The highest BCUT2D eigenvalue weighted by Gasteiger charge is 2.34. The fourth-order valence-electron chi connectivity index (χ4n) is 2.36. The van der Waals surface area contributed by atoms with Crippen molar-refractivity contribution in [1.82, 2.24) is 5.32 Å². The molecule has 1 aliphatic rings. The van der Waals surface area contributed by atoms with Gasteiger partial charge in [0.2, 0.25) is 0 Å². The quantitative estimate of drug-likeness (QED) is 0.906. The number of benzene rings is 1. The molecule has 3 heteroatoms. The first kappa shape index (κ1) is 14.5. The monoisotopic (exact) mass is 263 g/mol. The summed E-state index contributed by atoms with van der Waals surface area (Å²) in [5, 5.41) is 3.17.